The second kappa shape index (κ2) is 6.29. The molecule has 114 valence electrons. The molecule has 2 N–H and O–H groups in total. The molecule has 1 aromatic carbocycles. The zero-order valence-electron chi connectivity index (χ0n) is 11.7. The van der Waals surface area contributed by atoms with Gasteiger partial charge < -0.3 is 20.1 Å². The van der Waals surface area contributed by atoms with Gasteiger partial charge in [-0.2, -0.15) is 4.98 Å². The zero-order chi connectivity index (χ0) is 15.5. The molecule has 3 rings (SSSR count). The van der Waals surface area contributed by atoms with Crippen LogP contribution in [-0.4, -0.2) is 35.7 Å². The predicted octanol–water partition coefficient (Wildman–Crippen LogP) is 2.33. The quantitative estimate of drug-likeness (QED) is 0.865. The average molecular weight is 365 g/mol. The first-order valence-corrected chi connectivity index (χ1v) is 7.30. The molecule has 0 bridgehead atoms. The molecule has 0 unspecified atom stereocenters. The molecule has 2 heterocycles. The lowest BCUT2D eigenvalue weighted by Gasteiger charge is -2.25. The van der Waals surface area contributed by atoms with E-state index in [0.29, 0.717) is 17.4 Å². The number of carbonyl (C=O) groups is 1. The van der Waals surface area contributed by atoms with Crippen molar-refractivity contribution >= 4 is 39.0 Å². The Labute approximate surface area is 135 Å². The molecule has 1 atom stereocenters. The number of carbonyl (C=O) groups excluding carboxylic acids is 1. The van der Waals surface area contributed by atoms with Gasteiger partial charge in [0.25, 0.3) is 5.91 Å². The van der Waals surface area contributed by atoms with Crippen molar-refractivity contribution in [3.05, 3.63) is 35.1 Å². The molecule has 1 aromatic heterocycles. The summed E-state index contributed by atoms with van der Waals surface area (Å²) in [5.74, 6) is 0.489. The van der Waals surface area contributed by atoms with E-state index in [-0.39, 0.29) is 12.5 Å². The van der Waals surface area contributed by atoms with Crippen molar-refractivity contribution in [2.75, 3.05) is 24.4 Å². The van der Waals surface area contributed by atoms with Gasteiger partial charge in [0, 0.05) is 17.3 Å². The fraction of sp³-hybridized carbons (Fsp3) is 0.214. The number of amides is 1. The van der Waals surface area contributed by atoms with Crippen LogP contribution in [0.25, 0.3) is 0 Å². The van der Waals surface area contributed by atoms with Gasteiger partial charge in [0.1, 0.15) is 12.0 Å². The van der Waals surface area contributed by atoms with Gasteiger partial charge in [0.15, 0.2) is 5.82 Å². The van der Waals surface area contributed by atoms with Crippen LogP contribution in [0.2, 0.25) is 0 Å². The predicted molar refractivity (Wildman–Crippen MR) is 84.4 cm³/mol. The van der Waals surface area contributed by atoms with Crippen LogP contribution in [0.5, 0.6) is 5.88 Å². The minimum Gasteiger partial charge on any atom is -0.460 e. The molecule has 1 aliphatic heterocycles. The Hall–Kier alpha value is -2.19. The van der Waals surface area contributed by atoms with E-state index in [4.69, 9.17) is 9.47 Å². The highest BCUT2D eigenvalue weighted by molar-refractivity contribution is 9.10. The normalized spacial score (nSPS) is 16.5. The van der Waals surface area contributed by atoms with E-state index in [0.717, 1.165) is 10.2 Å². The monoisotopic (exact) mass is 364 g/mol. The van der Waals surface area contributed by atoms with Crippen molar-refractivity contribution in [3.8, 4) is 5.88 Å². The highest BCUT2D eigenvalue weighted by Crippen LogP contribution is 2.34. The van der Waals surface area contributed by atoms with Crippen molar-refractivity contribution in [2.45, 2.75) is 6.10 Å². The Morgan fingerprint density at radius 3 is 3.09 bits per heavy atom. The van der Waals surface area contributed by atoms with Gasteiger partial charge in [-0.05, 0) is 18.2 Å². The number of nitrogens with one attached hydrogen (secondary N) is 2. The van der Waals surface area contributed by atoms with Crippen molar-refractivity contribution in [1.29, 1.82) is 0 Å². The number of hydrogen-bond donors (Lipinski definition) is 2. The maximum atomic E-state index is 12.0. The van der Waals surface area contributed by atoms with E-state index in [1.54, 1.807) is 0 Å². The summed E-state index contributed by atoms with van der Waals surface area (Å²) in [6.07, 6.45) is 0.659. The standard InChI is InChI=1S/C14H13BrN4O3/c1-21-6-10-13(20)19-11-12(16-7-17-14(11)22-10)18-9-4-2-3-8(15)5-9/h2-5,7,10H,6H2,1H3,(H,19,20)(H,16,17,18)/t10-/m1/s1. The Kier molecular flexibility index (Phi) is 4.21. The van der Waals surface area contributed by atoms with Crippen LogP contribution in [0.15, 0.2) is 35.1 Å². The highest BCUT2D eigenvalue weighted by Gasteiger charge is 2.30. The number of aromatic nitrogens is 2. The molecule has 8 heteroatoms. The minimum absolute atomic E-state index is 0.156. The van der Waals surface area contributed by atoms with E-state index in [1.165, 1.54) is 13.4 Å². The summed E-state index contributed by atoms with van der Waals surface area (Å²) in [7, 11) is 1.51. The second-order valence-electron chi connectivity index (χ2n) is 4.59. The van der Waals surface area contributed by atoms with E-state index < -0.39 is 6.10 Å². The largest absolute Gasteiger partial charge is 0.460 e. The number of anilines is 3. The van der Waals surface area contributed by atoms with Gasteiger partial charge >= 0.3 is 0 Å². The molecule has 1 amide bonds. The van der Waals surface area contributed by atoms with Crippen molar-refractivity contribution in [1.82, 2.24) is 9.97 Å². The second-order valence-corrected chi connectivity index (χ2v) is 5.50. The number of fused-ring (bicyclic) bond motifs is 1. The molecule has 7 nitrogen and oxygen atoms in total. The Morgan fingerprint density at radius 1 is 1.45 bits per heavy atom. The summed E-state index contributed by atoms with van der Waals surface area (Å²) in [5, 5.41) is 5.89. The summed E-state index contributed by atoms with van der Waals surface area (Å²) in [4.78, 5) is 20.2. The van der Waals surface area contributed by atoms with Crippen LogP contribution >= 0.6 is 15.9 Å². The van der Waals surface area contributed by atoms with Crippen LogP contribution in [0.1, 0.15) is 0 Å². The molecule has 0 fully saturated rings. The lowest BCUT2D eigenvalue weighted by Crippen LogP contribution is -2.40. The molecule has 0 aliphatic carbocycles. The number of benzene rings is 1. The smallest absolute Gasteiger partial charge is 0.268 e. The zero-order valence-corrected chi connectivity index (χ0v) is 13.3. The third-order valence-corrected chi connectivity index (χ3v) is 3.51. The van der Waals surface area contributed by atoms with Gasteiger partial charge in [0.05, 0.1) is 6.61 Å². The molecule has 0 saturated heterocycles. The number of methoxy groups -OCH3 is 1. The Balaban J connectivity index is 1.89. The van der Waals surface area contributed by atoms with Crippen LogP contribution in [0, 0.1) is 0 Å². The lowest BCUT2D eigenvalue weighted by molar-refractivity contribution is -0.125. The summed E-state index contributed by atoms with van der Waals surface area (Å²) in [5.41, 5.74) is 1.24. The molecule has 22 heavy (non-hydrogen) atoms. The SMILES string of the molecule is COC[C@H]1Oc2ncnc(Nc3cccc(Br)c3)c2NC1=O. The van der Waals surface area contributed by atoms with E-state index in [9.17, 15) is 4.79 Å². The molecule has 0 spiro atoms. The molecular formula is C14H13BrN4O3. The number of ether oxygens (including phenoxy) is 2. The number of nitrogens with zero attached hydrogens (tertiary/aromatic N) is 2. The van der Waals surface area contributed by atoms with Crippen molar-refractivity contribution < 1.29 is 14.3 Å². The third kappa shape index (κ3) is 3.02. The average Bonchev–Trinajstić information content (AvgIpc) is 2.49. The fourth-order valence-electron chi connectivity index (χ4n) is 2.02. The first kappa shape index (κ1) is 14.7. The summed E-state index contributed by atoms with van der Waals surface area (Å²) < 4.78 is 11.4. The minimum atomic E-state index is -0.717. The Bertz CT molecular complexity index is 710. The van der Waals surface area contributed by atoms with Gasteiger partial charge in [-0.1, -0.05) is 22.0 Å². The van der Waals surface area contributed by atoms with Crippen LogP contribution in [0.3, 0.4) is 0 Å². The fourth-order valence-corrected chi connectivity index (χ4v) is 2.42. The first-order chi connectivity index (χ1) is 10.7. The lowest BCUT2D eigenvalue weighted by atomic mass is 10.2. The van der Waals surface area contributed by atoms with Crippen molar-refractivity contribution in [3.63, 3.8) is 0 Å². The summed E-state index contributed by atoms with van der Waals surface area (Å²) in [6.45, 7) is 0.156. The van der Waals surface area contributed by atoms with Crippen LogP contribution < -0.4 is 15.4 Å². The van der Waals surface area contributed by atoms with Gasteiger partial charge in [-0.3, -0.25) is 4.79 Å². The van der Waals surface area contributed by atoms with Crippen LogP contribution in [0.4, 0.5) is 17.2 Å². The molecular weight excluding hydrogens is 352 g/mol. The van der Waals surface area contributed by atoms with Crippen LogP contribution in [-0.2, 0) is 9.53 Å². The highest BCUT2D eigenvalue weighted by atomic mass is 79.9. The molecule has 1 aliphatic rings. The first-order valence-electron chi connectivity index (χ1n) is 6.51. The maximum Gasteiger partial charge on any atom is 0.268 e. The molecule has 2 aromatic rings. The summed E-state index contributed by atoms with van der Waals surface area (Å²) >= 11 is 3.40. The number of hydrogen-bond acceptors (Lipinski definition) is 6. The Morgan fingerprint density at radius 2 is 2.32 bits per heavy atom. The maximum absolute atomic E-state index is 12.0. The summed E-state index contributed by atoms with van der Waals surface area (Å²) in [6, 6.07) is 7.59. The van der Waals surface area contributed by atoms with E-state index in [2.05, 4.69) is 36.5 Å². The van der Waals surface area contributed by atoms with Gasteiger partial charge in [-0.25, -0.2) is 4.98 Å². The molecule has 0 saturated carbocycles. The topological polar surface area (TPSA) is 85.4 Å². The van der Waals surface area contributed by atoms with Crippen molar-refractivity contribution in [2.24, 2.45) is 0 Å². The number of halogens is 1. The van der Waals surface area contributed by atoms with E-state index >= 15 is 0 Å². The molecule has 0 radical (unpaired) electrons. The van der Waals surface area contributed by atoms with E-state index in [1.807, 2.05) is 24.3 Å². The van der Waals surface area contributed by atoms with Gasteiger partial charge in [0.2, 0.25) is 12.0 Å². The third-order valence-electron chi connectivity index (χ3n) is 3.01. The van der Waals surface area contributed by atoms with Gasteiger partial charge in [-0.15, -0.1) is 0 Å². The number of rotatable bonds is 4.